The average molecular weight is 331 g/mol. The Morgan fingerprint density at radius 1 is 1.29 bits per heavy atom. The molecule has 1 aliphatic carbocycles. The van der Waals surface area contributed by atoms with Crippen LogP contribution in [0.15, 0.2) is 12.7 Å². The lowest BCUT2D eigenvalue weighted by atomic mass is 9.86. The van der Waals surface area contributed by atoms with Crippen molar-refractivity contribution in [1.82, 2.24) is 0 Å². The zero-order valence-electron chi connectivity index (χ0n) is 14.0. The fourth-order valence-corrected chi connectivity index (χ4v) is 12.0. The summed E-state index contributed by atoms with van der Waals surface area (Å²) in [6.45, 7) is 14.6. The van der Waals surface area contributed by atoms with Crippen molar-refractivity contribution in [1.29, 1.82) is 0 Å². The van der Waals surface area contributed by atoms with E-state index in [9.17, 15) is 9.90 Å². The van der Waals surface area contributed by atoms with Gasteiger partial charge in [-0.05, 0) is 64.0 Å². The second-order valence-corrected chi connectivity index (χ2v) is 16.6. The van der Waals surface area contributed by atoms with Gasteiger partial charge in [0.25, 0.3) is 0 Å². The minimum atomic E-state index is -1.69. The van der Waals surface area contributed by atoms with Crippen molar-refractivity contribution in [3.05, 3.63) is 12.7 Å². The second-order valence-electron chi connectivity index (χ2n) is 7.60. The van der Waals surface area contributed by atoms with Crippen LogP contribution in [0.2, 0.25) is 38.8 Å². The Morgan fingerprint density at radius 2 is 1.90 bits per heavy atom. The van der Waals surface area contributed by atoms with E-state index in [0.29, 0.717) is 12.3 Å². The number of carbonyl (C=O) groups is 1. The number of ether oxygens (including phenoxy) is 1. The van der Waals surface area contributed by atoms with Gasteiger partial charge in [0.15, 0.2) is 16.6 Å². The molecule has 21 heavy (non-hydrogen) atoms. The summed E-state index contributed by atoms with van der Waals surface area (Å²) in [5, 5.41) is 10.2. The van der Waals surface area contributed by atoms with Gasteiger partial charge in [0.05, 0.1) is 6.10 Å². The quantitative estimate of drug-likeness (QED) is 0.461. The molecule has 6 heteroatoms. The number of aliphatic hydroxyl groups is 1. The second kappa shape index (κ2) is 7.22. The normalized spacial score (nSPS) is 27.2. The minimum absolute atomic E-state index is 0.380. The largest absolute Gasteiger partial charge is 0.456 e. The molecule has 122 valence electrons. The molecule has 0 aliphatic heterocycles. The van der Waals surface area contributed by atoms with Crippen LogP contribution in [0.25, 0.3) is 0 Å². The van der Waals surface area contributed by atoms with E-state index < -0.39 is 28.7 Å². The molecule has 4 nitrogen and oxygen atoms in total. The van der Waals surface area contributed by atoms with Crippen LogP contribution in [0.5, 0.6) is 0 Å². The standard InChI is InChI=1S/C15H30O4Si2/c1-7-15(17)18-14-9-8-12(10-13(14)16)11-21(5,6)19-20(2,3)4/h7,12-14,16H,1,8-11H2,2-6H3. The molecule has 0 saturated heterocycles. The number of hydrogen-bond donors (Lipinski definition) is 1. The van der Waals surface area contributed by atoms with Crippen LogP contribution in [0, 0.1) is 5.92 Å². The Balaban J connectivity index is 2.51. The van der Waals surface area contributed by atoms with Crippen LogP contribution >= 0.6 is 0 Å². The van der Waals surface area contributed by atoms with Crippen molar-refractivity contribution in [3.63, 3.8) is 0 Å². The molecular formula is C15H30O4Si2. The van der Waals surface area contributed by atoms with E-state index in [-0.39, 0.29) is 6.10 Å². The van der Waals surface area contributed by atoms with E-state index in [1.165, 1.54) is 0 Å². The monoisotopic (exact) mass is 330 g/mol. The van der Waals surface area contributed by atoms with Gasteiger partial charge in [-0.1, -0.05) is 6.58 Å². The molecule has 0 amide bonds. The maximum atomic E-state index is 11.2. The van der Waals surface area contributed by atoms with Gasteiger partial charge in [-0.2, -0.15) is 0 Å². The fraction of sp³-hybridized carbons (Fsp3) is 0.800. The number of rotatable bonds is 6. The Hall–Kier alpha value is -0.436. The van der Waals surface area contributed by atoms with Crippen LogP contribution in [0.4, 0.5) is 0 Å². The van der Waals surface area contributed by atoms with E-state index in [1.807, 2.05) is 0 Å². The molecule has 0 bridgehead atoms. The molecule has 3 atom stereocenters. The zero-order chi connectivity index (χ0) is 16.3. The Bertz CT molecular complexity index is 376. The third-order valence-electron chi connectivity index (χ3n) is 3.66. The smallest absolute Gasteiger partial charge is 0.330 e. The summed E-state index contributed by atoms with van der Waals surface area (Å²) in [5.74, 6) is 0.0194. The molecular weight excluding hydrogens is 300 g/mol. The molecule has 0 radical (unpaired) electrons. The first-order valence-electron chi connectivity index (χ1n) is 7.74. The molecule has 1 rings (SSSR count). The first kappa shape index (κ1) is 18.6. The van der Waals surface area contributed by atoms with E-state index in [0.717, 1.165) is 25.0 Å². The highest BCUT2D eigenvalue weighted by Crippen LogP contribution is 2.34. The van der Waals surface area contributed by atoms with Crippen molar-refractivity contribution in [2.75, 3.05) is 0 Å². The van der Waals surface area contributed by atoms with Gasteiger partial charge in [-0.15, -0.1) is 0 Å². The number of hydrogen-bond acceptors (Lipinski definition) is 4. The summed E-state index contributed by atoms with van der Waals surface area (Å²) in [6.07, 6.45) is 2.61. The summed E-state index contributed by atoms with van der Waals surface area (Å²) < 4.78 is 11.6. The summed E-state index contributed by atoms with van der Waals surface area (Å²) in [7, 11) is -3.21. The van der Waals surface area contributed by atoms with Crippen LogP contribution in [0.1, 0.15) is 19.3 Å². The van der Waals surface area contributed by atoms with E-state index in [4.69, 9.17) is 8.85 Å². The molecule has 0 aromatic carbocycles. The lowest BCUT2D eigenvalue weighted by Gasteiger charge is -2.38. The predicted octanol–water partition coefficient (Wildman–Crippen LogP) is 3.30. The molecule has 0 aromatic heterocycles. The number of carbonyl (C=O) groups excluding carboxylic acids is 1. The molecule has 0 heterocycles. The third kappa shape index (κ3) is 6.91. The zero-order valence-corrected chi connectivity index (χ0v) is 16.0. The van der Waals surface area contributed by atoms with Crippen molar-refractivity contribution in [2.24, 2.45) is 5.92 Å². The van der Waals surface area contributed by atoms with Gasteiger partial charge < -0.3 is 14.0 Å². The first-order chi connectivity index (χ1) is 9.52. The summed E-state index contributed by atoms with van der Waals surface area (Å²) >= 11 is 0. The first-order valence-corrected chi connectivity index (χ1v) is 14.3. The van der Waals surface area contributed by atoms with Crippen LogP contribution in [-0.2, 0) is 13.6 Å². The van der Waals surface area contributed by atoms with Crippen molar-refractivity contribution < 1.29 is 18.8 Å². The Kier molecular flexibility index (Phi) is 6.40. The summed E-state index contributed by atoms with van der Waals surface area (Å²) in [5.41, 5.74) is 0. The lowest BCUT2D eigenvalue weighted by molar-refractivity contribution is -0.152. The Morgan fingerprint density at radius 3 is 2.38 bits per heavy atom. The molecule has 0 aromatic rings. The SMILES string of the molecule is C=CC(=O)OC1CCC(C[Si](C)(C)O[Si](C)(C)C)CC1O. The van der Waals surface area contributed by atoms with Gasteiger partial charge in [-0.3, -0.25) is 0 Å². The van der Waals surface area contributed by atoms with E-state index >= 15 is 0 Å². The van der Waals surface area contributed by atoms with Gasteiger partial charge in [-0.25, -0.2) is 4.79 Å². The van der Waals surface area contributed by atoms with Crippen molar-refractivity contribution >= 4 is 22.6 Å². The highest BCUT2D eigenvalue weighted by Gasteiger charge is 2.37. The van der Waals surface area contributed by atoms with E-state index in [2.05, 4.69) is 39.3 Å². The molecule has 1 fully saturated rings. The van der Waals surface area contributed by atoms with Crippen molar-refractivity contribution in [2.45, 2.75) is 70.2 Å². The number of aliphatic hydroxyl groups excluding tert-OH is 1. The third-order valence-corrected chi connectivity index (χ3v) is 9.88. The van der Waals surface area contributed by atoms with Gasteiger partial charge >= 0.3 is 5.97 Å². The molecule has 3 unspecified atom stereocenters. The minimum Gasteiger partial charge on any atom is -0.456 e. The van der Waals surface area contributed by atoms with Gasteiger partial charge in [0.1, 0.15) is 6.10 Å². The Labute approximate surface area is 130 Å². The maximum Gasteiger partial charge on any atom is 0.330 e. The topological polar surface area (TPSA) is 55.8 Å². The molecule has 1 N–H and O–H groups in total. The average Bonchev–Trinajstić information content (AvgIpc) is 2.28. The fourth-order valence-electron chi connectivity index (χ4n) is 3.29. The molecule has 1 saturated carbocycles. The number of esters is 1. The van der Waals surface area contributed by atoms with Gasteiger partial charge in [0, 0.05) is 6.08 Å². The summed E-state index contributed by atoms with van der Waals surface area (Å²) in [6, 6.07) is 1.07. The predicted molar refractivity (Wildman–Crippen MR) is 90.1 cm³/mol. The molecule has 0 spiro atoms. The van der Waals surface area contributed by atoms with Crippen LogP contribution in [0.3, 0.4) is 0 Å². The van der Waals surface area contributed by atoms with Crippen LogP contribution in [-0.4, -0.2) is 39.9 Å². The highest BCUT2D eigenvalue weighted by molar-refractivity contribution is 6.84. The van der Waals surface area contributed by atoms with E-state index in [1.54, 1.807) is 0 Å². The highest BCUT2D eigenvalue weighted by atomic mass is 28.4. The van der Waals surface area contributed by atoms with Crippen molar-refractivity contribution in [3.8, 4) is 0 Å². The summed E-state index contributed by atoms with van der Waals surface area (Å²) in [4.78, 5) is 11.2. The maximum absolute atomic E-state index is 11.2. The van der Waals surface area contributed by atoms with Gasteiger partial charge in [0.2, 0.25) is 0 Å². The molecule has 1 aliphatic rings. The van der Waals surface area contributed by atoms with Crippen LogP contribution < -0.4 is 0 Å². The lowest BCUT2D eigenvalue weighted by Crippen LogP contribution is -2.45.